The first-order valence-corrected chi connectivity index (χ1v) is 39.5. The van der Waals surface area contributed by atoms with E-state index >= 15 is 0 Å². The molecule has 552 valence electrons. The summed E-state index contributed by atoms with van der Waals surface area (Å²) >= 11 is 6.77. The monoisotopic (exact) mass is 1580 g/mol. The lowest BCUT2D eigenvalue weighted by Crippen LogP contribution is -3.00. The lowest BCUT2D eigenvalue weighted by molar-refractivity contribution is -0.656. The van der Waals surface area contributed by atoms with Crippen LogP contribution >= 0.6 is 46.2 Å². The Labute approximate surface area is 674 Å². The molecule has 14 aromatic rings. The number of aliphatic hydroxyl groups is 2. The van der Waals surface area contributed by atoms with Gasteiger partial charge in [-0.3, -0.25) is 14.0 Å². The molecule has 4 atom stereocenters. The number of nitrogens with zero attached hydrogens (tertiary/aromatic N) is 4. The number of carbonyl (C=O) groups is 2. The zero-order valence-corrected chi connectivity index (χ0v) is 66.4. The number of aliphatic hydroxyl groups excluding tert-OH is 1. The number of ketones is 1. The lowest BCUT2D eigenvalue weighted by Gasteiger charge is -2.38. The van der Waals surface area contributed by atoms with E-state index in [0.717, 1.165) is 81.2 Å². The molecule has 3 aliphatic heterocycles. The lowest BCUT2D eigenvalue weighted by atomic mass is 9.77. The van der Waals surface area contributed by atoms with Gasteiger partial charge in [-0.1, -0.05) is 340 Å². The van der Waals surface area contributed by atoms with Crippen molar-refractivity contribution < 1.29 is 45.8 Å². The summed E-state index contributed by atoms with van der Waals surface area (Å²) in [6.45, 7) is 10.5. The summed E-state index contributed by atoms with van der Waals surface area (Å²) < 4.78 is 11.4. The van der Waals surface area contributed by atoms with Gasteiger partial charge in [-0.15, -0.1) is 42.2 Å². The Morgan fingerprint density at radius 3 is 1.66 bits per heavy atom. The van der Waals surface area contributed by atoms with Crippen LogP contribution in [0.15, 0.2) is 386 Å². The van der Waals surface area contributed by atoms with Crippen LogP contribution in [0.3, 0.4) is 0 Å². The maximum absolute atomic E-state index is 13.1. The van der Waals surface area contributed by atoms with Crippen molar-refractivity contribution in [1.82, 2.24) is 9.47 Å². The first-order valence-electron chi connectivity index (χ1n) is 36.1. The van der Waals surface area contributed by atoms with E-state index in [1.54, 1.807) is 35.2 Å². The Bertz CT molecular complexity index is 5220. The van der Waals surface area contributed by atoms with Gasteiger partial charge < -0.3 is 36.6 Å². The van der Waals surface area contributed by atoms with Crippen molar-refractivity contribution in [2.24, 2.45) is 0 Å². The molecule has 3 aliphatic rings. The van der Waals surface area contributed by atoms with Gasteiger partial charge >= 0.3 is 6.41 Å². The number of halogens is 1. The standard InChI is InChI=1S/C24H19NOS.2C23H19NOS.C16H14NS.C7H6O.C2H6.CH4O.BrH/c1-3-10-19(11-4-1)12-9-17-25-18-26-23(20-13-5-2-6-14-20)24(25)27-22-16-8-7-15-21(22)25;25-22(19-13-5-2-6-14-19)23-24(20-15-7-8-16-21(20)26-23)17-9-12-18-10-3-1-4-11-18;1-2-19(17-11-5-3-6-12-17)23(25,18-13-7-4-8-14-18)22-24-20-15-9-10-16-21(20)26-22;1-2-7-14(8-3-1)9-6-12-17-13-18-16-11-5-4-10-15(16)17;8-6-7-4-2-1-3-5-7;2*1-2;/h1-16,18H,17H2;1-16,23H,17H2;2-16,19,25H,1H2;1-11,13H,12H2;1-6H;1-2H3;2H,1H3;1H/q;;;+1;;;;/p-1/b2*12-9+;;9-6+;;;;. The molecule has 0 spiro atoms. The molecule has 12 aromatic carbocycles. The summed E-state index contributed by atoms with van der Waals surface area (Å²) in [4.78, 5) is 32.5. The maximum atomic E-state index is 13.1. The Morgan fingerprint density at radius 1 is 0.582 bits per heavy atom. The predicted octanol–water partition coefficient (Wildman–Crippen LogP) is 19.7. The minimum Gasteiger partial charge on any atom is -1.00 e. The van der Waals surface area contributed by atoms with E-state index < -0.39 is 5.60 Å². The van der Waals surface area contributed by atoms with Gasteiger partial charge in [0, 0.05) is 51.9 Å². The number of para-hydroxylation sites is 4. The van der Waals surface area contributed by atoms with E-state index in [-0.39, 0.29) is 34.1 Å². The van der Waals surface area contributed by atoms with Gasteiger partial charge in [0.25, 0.3) is 0 Å². The fourth-order valence-corrected chi connectivity index (χ4v) is 17.2. The molecule has 2 aromatic heterocycles. The molecule has 4 unspecified atom stereocenters. The van der Waals surface area contributed by atoms with Crippen LogP contribution in [0.2, 0.25) is 0 Å². The first kappa shape index (κ1) is 81.6. The molecule has 0 fully saturated rings. The number of carbonyl (C=O) groups excluding carboxylic acids is 3. The number of quaternary nitrogens is 1. The molecule has 9 nitrogen and oxygen atoms in total. The van der Waals surface area contributed by atoms with Gasteiger partial charge in [-0.05, 0) is 82.4 Å². The van der Waals surface area contributed by atoms with Crippen molar-refractivity contribution in [3.63, 3.8) is 0 Å². The van der Waals surface area contributed by atoms with E-state index in [9.17, 15) is 14.7 Å². The second-order valence-corrected chi connectivity index (χ2v) is 28.8. The highest BCUT2D eigenvalue weighted by atomic mass is 79.9. The topological polar surface area (TPSA) is 106 Å². The van der Waals surface area contributed by atoms with E-state index in [1.807, 2.05) is 220 Å². The van der Waals surface area contributed by atoms with Crippen LogP contribution in [0.25, 0.3) is 38.7 Å². The summed E-state index contributed by atoms with van der Waals surface area (Å²) in [5.41, 5.74) is 13.6. The SMILES string of the molecule is C(=C\c1ccccc1)/C[n+]1csc2ccccc21.C1=[O+][C-](c2ccccc2)[C-]2Sc3ccccc3[N+]12C/C=C/c1ccccc1.C=CC(c1ccccc1)C(O)(c1ccccc1)c1nc2ccccc2s1.CC.CO.O=C(c1ccccc1)C1Sc2ccccc2N1C/C=C/c1ccccc1.O=Cc1ccccc1.[Br-]. The molecule has 0 amide bonds. The Hall–Kier alpha value is -10.9. The van der Waals surface area contributed by atoms with Crippen molar-refractivity contribution in [1.29, 1.82) is 0 Å². The number of thiazole rings is 2. The number of aromatic nitrogens is 2. The summed E-state index contributed by atoms with van der Waals surface area (Å²) in [7, 11) is 1.00. The zero-order chi connectivity index (χ0) is 75.9. The number of benzene rings is 12. The molecular weight excluding hydrogens is 1500 g/mol. The molecule has 0 radical (unpaired) electrons. The van der Waals surface area contributed by atoms with Gasteiger partial charge in [0.15, 0.2) is 24.0 Å². The number of allylic oxidation sites excluding steroid dienone is 1. The maximum Gasteiger partial charge on any atom is 0.387 e. The third-order valence-electron chi connectivity index (χ3n) is 17.8. The number of thioether (sulfide) groups is 2. The Kier molecular flexibility index (Phi) is 31.3. The Morgan fingerprint density at radius 2 is 1.07 bits per heavy atom. The van der Waals surface area contributed by atoms with E-state index in [4.69, 9.17) is 14.5 Å². The van der Waals surface area contributed by atoms with Crippen LogP contribution in [0.5, 0.6) is 0 Å². The molecule has 110 heavy (non-hydrogen) atoms. The van der Waals surface area contributed by atoms with Crippen LogP contribution in [0.4, 0.5) is 11.4 Å². The van der Waals surface area contributed by atoms with Crippen molar-refractivity contribution in [2.45, 2.75) is 47.1 Å². The van der Waals surface area contributed by atoms with Crippen LogP contribution in [0.1, 0.15) is 78.9 Å². The number of Topliss-reactive ketones (excluding diaryl/α,β-unsaturated/α-hetero) is 1. The van der Waals surface area contributed by atoms with Gasteiger partial charge in [0.05, 0.1) is 22.4 Å². The summed E-state index contributed by atoms with van der Waals surface area (Å²) in [5, 5.41) is 20.7. The van der Waals surface area contributed by atoms with E-state index in [2.05, 4.69) is 204 Å². The second-order valence-electron chi connectivity index (χ2n) is 24.7. The predicted molar refractivity (Wildman–Crippen MR) is 459 cm³/mol. The third kappa shape index (κ3) is 20.5. The van der Waals surface area contributed by atoms with Crippen molar-refractivity contribution >= 4 is 115 Å². The molecule has 2 N–H and O–H groups in total. The quantitative estimate of drug-likeness (QED) is 0.0166. The molecule has 0 aliphatic carbocycles. The van der Waals surface area contributed by atoms with Gasteiger partial charge in [0.2, 0.25) is 11.0 Å². The molecule has 5 heterocycles. The highest BCUT2D eigenvalue weighted by Gasteiger charge is 2.49. The van der Waals surface area contributed by atoms with Crippen LogP contribution in [0, 0.1) is 11.5 Å². The van der Waals surface area contributed by atoms with E-state index in [0.29, 0.717) is 16.0 Å². The van der Waals surface area contributed by atoms with Gasteiger partial charge in [-0.25, -0.2) is 16.7 Å². The minimum atomic E-state index is -1.28. The molecule has 0 saturated carbocycles. The van der Waals surface area contributed by atoms with E-state index in [1.165, 1.54) is 54.2 Å². The number of aldehydes is 1. The molecule has 14 heteroatoms. The second kappa shape index (κ2) is 42.2. The highest BCUT2D eigenvalue weighted by molar-refractivity contribution is 8.03. The summed E-state index contributed by atoms with van der Waals surface area (Å²) in [6.07, 6.45) is 18.6. The van der Waals surface area contributed by atoms with Crippen molar-refractivity contribution in [3.8, 4) is 0 Å². The van der Waals surface area contributed by atoms with Crippen molar-refractivity contribution in [2.75, 3.05) is 25.1 Å². The highest BCUT2D eigenvalue weighted by Crippen LogP contribution is 2.59. The number of anilines is 1. The summed E-state index contributed by atoms with van der Waals surface area (Å²) in [5.74, 6) is -0.161. The number of hydrogen-bond donors (Lipinski definition) is 2. The fourth-order valence-electron chi connectivity index (χ4n) is 12.6. The van der Waals surface area contributed by atoms with Crippen LogP contribution < -0.4 is 30.9 Å². The molecular formula is C96H87BrN4O5S4. The molecule has 0 saturated heterocycles. The number of amides is 1. The fraction of sp³-hybridized carbons (Fsp3) is 0.0938. The zero-order valence-electron chi connectivity index (χ0n) is 61.5. The van der Waals surface area contributed by atoms with Crippen LogP contribution in [-0.2, 0) is 16.6 Å². The van der Waals surface area contributed by atoms with Crippen LogP contribution in [-0.4, -0.2) is 59.2 Å². The molecule has 17 rings (SSSR count). The average Bonchev–Trinajstić information content (AvgIpc) is 1.55. The Balaban J connectivity index is 0.000000149. The number of hydrogen-bond acceptors (Lipinski definition) is 10. The minimum absolute atomic E-state index is 0. The normalized spacial score (nSPS) is 15.0. The first-order chi connectivity index (χ1) is 53.8. The number of rotatable bonds is 18. The third-order valence-corrected chi connectivity index (χ3v) is 22.5. The molecule has 0 bridgehead atoms. The van der Waals surface area contributed by atoms with Gasteiger partial charge in [-0.2, -0.15) is 4.57 Å². The van der Waals surface area contributed by atoms with Crippen molar-refractivity contribution in [3.05, 3.63) is 437 Å². The average molecular weight is 1580 g/mol. The largest absolute Gasteiger partial charge is 1.00 e. The number of fused-ring (bicyclic) bond motifs is 6. The van der Waals surface area contributed by atoms with Gasteiger partial charge in [0.1, 0.15) is 27.1 Å². The summed E-state index contributed by atoms with van der Waals surface area (Å²) in [6, 6.07) is 113. The smallest absolute Gasteiger partial charge is 0.387 e.